The summed E-state index contributed by atoms with van der Waals surface area (Å²) in [6, 6.07) is 5.87. The van der Waals surface area contributed by atoms with Crippen LogP contribution in [0.15, 0.2) is 36.0 Å². The molecule has 0 bridgehead atoms. The number of hydrogen-bond donors (Lipinski definition) is 1. The van der Waals surface area contributed by atoms with E-state index in [0.29, 0.717) is 11.4 Å². The quantitative estimate of drug-likeness (QED) is 0.588. The van der Waals surface area contributed by atoms with E-state index in [0.717, 1.165) is 31.1 Å². The number of nitrogens with two attached hydrogens (primary N) is 1. The molecule has 4 rings (SSSR count). The average molecular weight is 313 g/mol. The Morgan fingerprint density at radius 1 is 1.24 bits per heavy atom. The Balaban J connectivity index is 1.92. The van der Waals surface area contributed by atoms with Crippen molar-refractivity contribution < 1.29 is 4.74 Å². The lowest BCUT2D eigenvalue weighted by atomic mass is 10.2. The van der Waals surface area contributed by atoms with Crippen LogP contribution in [0.3, 0.4) is 0 Å². The van der Waals surface area contributed by atoms with Crippen LogP contribution in [0.5, 0.6) is 11.5 Å². The predicted octanol–water partition coefficient (Wildman–Crippen LogP) is 4.59. The molecule has 0 aliphatic rings. The normalized spacial score (nSPS) is 11.3. The Morgan fingerprint density at radius 2 is 2.14 bits per heavy atom. The van der Waals surface area contributed by atoms with Gasteiger partial charge in [0.25, 0.3) is 0 Å². The maximum Gasteiger partial charge on any atom is 0.147 e. The molecule has 0 aliphatic carbocycles. The second-order valence-corrected chi connectivity index (χ2v) is 6.82. The summed E-state index contributed by atoms with van der Waals surface area (Å²) in [6.07, 6.45) is 3.26. The molecule has 104 valence electrons. The van der Waals surface area contributed by atoms with Crippen molar-refractivity contribution in [3.8, 4) is 11.5 Å². The Bertz CT molecular complexity index is 958. The van der Waals surface area contributed by atoms with E-state index in [1.165, 1.54) is 0 Å². The van der Waals surface area contributed by atoms with Crippen LogP contribution in [0.25, 0.3) is 20.3 Å². The maximum atomic E-state index is 5.99. The molecule has 2 N–H and O–H groups in total. The third-order valence-corrected chi connectivity index (χ3v) is 4.97. The summed E-state index contributed by atoms with van der Waals surface area (Å²) < 4.78 is 8.28. The smallest absolute Gasteiger partial charge is 0.147 e. The van der Waals surface area contributed by atoms with E-state index in [4.69, 9.17) is 10.5 Å². The van der Waals surface area contributed by atoms with Crippen LogP contribution in [0, 0.1) is 6.92 Å². The number of hydrogen-bond acceptors (Lipinski definition) is 6. The number of anilines is 1. The van der Waals surface area contributed by atoms with Gasteiger partial charge >= 0.3 is 0 Å². The summed E-state index contributed by atoms with van der Waals surface area (Å²) in [6.45, 7) is 2.02. The van der Waals surface area contributed by atoms with Crippen LogP contribution in [0.1, 0.15) is 5.01 Å². The Kier molecular flexibility index (Phi) is 2.80. The number of ether oxygens (including phenoxy) is 1. The first-order chi connectivity index (χ1) is 10.2. The zero-order chi connectivity index (χ0) is 14.4. The number of thiophene rings is 1. The highest BCUT2D eigenvalue weighted by atomic mass is 32.1. The van der Waals surface area contributed by atoms with Gasteiger partial charge in [-0.15, -0.1) is 22.7 Å². The van der Waals surface area contributed by atoms with Crippen molar-refractivity contribution in [2.24, 2.45) is 0 Å². The molecule has 4 nitrogen and oxygen atoms in total. The number of fused-ring (bicyclic) bond motifs is 3. The minimum Gasteiger partial charge on any atom is -0.455 e. The van der Waals surface area contributed by atoms with Gasteiger partial charge in [-0.05, 0) is 18.4 Å². The number of benzene rings is 1. The molecular formula is C15H11N3OS2. The van der Waals surface area contributed by atoms with E-state index < -0.39 is 0 Å². The largest absolute Gasteiger partial charge is 0.455 e. The van der Waals surface area contributed by atoms with Crippen molar-refractivity contribution in [2.45, 2.75) is 6.92 Å². The first kappa shape index (κ1) is 12.6. The van der Waals surface area contributed by atoms with E-state index in [2.05, 4.69) is 21.4 Å². The molecule has 1 aromatic carbocycles. The fourth-order valence-corrected chi connectivity index (χ4v) is 4.12. The van der Waals surface area contributed by atoms with Crippen LogP contribution in [0.4, 0.5) is 5.69 Å². The number of aryl methyl sites for hydroxylation is 1. The first-order valence-corrected chi connectivity index (χ1v) is 8.06. The van der Waals surface area contributed by atoms with Crippen LogP contribution in [-0.2, 0) is 0 Å². The third kappa shape index (κ3) is 2.12. The fraction of sp³-hybridized carbons (Fsp3) is 0.0667. The molecule has 21 heavy (non-hydrogen) atoms. The highest BCUT2D eigenvalue weighted by Crippen LogP contribution is 2.40. The lowest BCUT2D eigenvalue weighted by Gasteiger charge is -2.07. The second kappa shape index (κ2) is 4.68. The number of aromatic nitrogens is 2. The summed E-state index contributed by atoms with van der Waals surface area (Å²) in [7, 11) is 0. The Morgan fingerprint density at radius 3 is 3.00 bits per heavy atom. The van der Waals surface area contributed by atoms with Crippen molar-refractivity contribution in [3.63, 3.8) is 0 Å². The number of pyridine rings is 1. The van der Waals surface area contributed by atoms with Gasteiger partial charge in [-0.1, -0.05) is 0 Å². The molecule has 6 heteroatoms. The van der Waals surface area contributed by atoms with Crippen molar-refractivity contribution >= 4 is 48.7 Å². The highest BCUT2D eigenvalue weighted by molar-refractivity contribution is 7.21. The molecule has 0 saturated carbocycles. The minimum atomic E-state index is 0.587. The van der Waals surface area contributed by atoms with Gasteiger partial charge in [0.15, 0.2) is 0 Å². The van der Waals surface area contributed by atoms with E-state index in [9.17, 15) is 0 Å². The molecule has 0 saturated heterocycles. The van der Waals surface area contributed by atoms with Crippen LogP contribution < -0.4 is 10.5 Å². The first-order valence-electron chi connectivity index (χ1n) is 6.36. The van der Waals surface area contributed by atoms with Gasteiger partial charge in [0.05, 0.1) is 38.0 Å². The van der Waals surface area contributed by atoms with E-state index in [1.807, 2.05) is 13.0 Å². The fourth-order valence-electron chi connectivity index (χ4n) is 2.29. The number of nitrogens with zero attached hydrogens (tertiary/aromatic N) is 2. The van der Waals surface area contributed by atoms with E-state index in [1.54, 1.807) is 41.1 Å². The molecule has 0 radical (unpaired) electrons. The van der Waals surface area contributed by atoms with E-state index in [-0.39, 0.29) is 0 Å². The zero-order valence-electron chi connectivity index (χ0n) is 11.2. The molecule has 0 amide bonds. The monoisotopic (exact) mass is 313 g/mol. The molecule has 0 atom stereocenters. The summed E-state index contributed by atoms with van der Waals surface area (Å²) in [5.74, 6) is 1.46. The summed E-state index contributed by atoms with van der Waals surface area (Å²) in [5, 5.41) is 4.19. The van der Waals surface area contributed by atoms with Gasteiger partial charge in [0, 0.05) is 17.5 Å². The van der Waals surface area contributed by atoms with Crippen molar-refractivity contribution in [1.29, 1.82) is 0 Å². The van der Waals surface area contributed by atoms with Gasteiger partial charge in [0.1, 0.15) is 11.5 Å². The Labute approximate surface area is 128 Å². The molecule has 0 spiro atoms. The van der Waals surface area contributed by atoms with Gasteiger partial charge < -0.3 is 10.5 Å². The van der Waals surface area contributed by atoms with Gasteiger partial charge in [-0.3, -0.25) is 4.98 Å². The molecule has 4 aromatic rings. The second-order valence-electron chi connectivity index (χ2n) is 4.67. The predicted molar refractivity (Wildman–Crippen MR) is 88.5 cm³/mol. The minimum absolute atomic E-state index is 0.587. The average Bonchev–Trinajstić information content (AvgIpc) is 3.04. The summed E-state index contributed by atoms with van der Waals surface area (Å²) in [5.41, 5.74) is 7.39. The standard InChI is InChI=1S/C15H11N3OS2/c1-8-18-14-13(21-8)5-12(11-2-3-20-15(11)14)19-10-4-9(16)6-17-7-10/h2-7H,16H2,1H3. The van der Waals surface area contributed by atoms with Crippen LogP contribution >= 0.6 is 22.7 Å². The molecular weight excluding hydrogens is 302 g/mol. The van der Waals surface area contributed by atoms with Crippen LogP contribution in [0.2, 0.25) is 0 Å². The summed E-state index contributed by atoms with van der Waals surface area (Å²) in [4.78, 5) is 8.67. The molecule has 0 aliphatic heterocycles. The van der Waals surface area contributed by atoms with Crippen molar-refractivity contribution in [2.75, 3.05) is 5.73 Å². The third-order valence-electron chi connectivity index (χ3n) is 3.13. The van der Waals surface area contributed by atoms with Crippen molar-refractivity contribution in [3.05, 3.63) is 41.0 Å². The summed E-state index contributed by atoms with van der Waals surface area (Å²) >= 11 is 3.36. The maximum absolute atomic E-state index is 5.99. The zero-order valence-corrected chi connectivity index (χ0v) is 12.8. The highest BCUT2D eigenvalue weighted by Gasteiger charge is 2.13. The number of rotatable bonds is 2. The molecule has 0 unspecified atom stereocenters. The SMILES string of the molecule is Cc1nc2c(cc(Oc3cncc(N)c3)c3ccsc32)s1. The number of thiazole rings is 1. The van der Waals surface area contributed by atoms with Gasteiger partial charge in [-0.25, -0.2) is 4.98 Å². The lowest BCUT2D eigenvalue weighted by Crippen LogP contribution is -1.90. The lowest BCUT2D eigenvalue weighted by molar-refractivity contribution is 0.487. The van der Waals surface area contributed by atoms with Gasteiger partial charge in [-0.2, -0.15) is 0 Å². The molecule has 3 heterocycles. The van der Waals surface area contributed by atoms with Crippen LogP contribution in [-0.4, -0.2) is 9.97 Å². The van der Waals surface area contributed by atoms with E-state index >= 15 is 0 Å². The molecule has 0 fully saturated rings. The topological polar surface area (TPSA) is 61.0 Å². The van der Waals surface area contributed by atoms with Gasteiger partial charge in [0.2, 0.25) is 0 Å². The number of nitrogen functional groups attached to an aromatic ring is 1. The molecule has 3 aromatic heterocycles. The Hall–Kier alpha value is -2.18. The van der Waals surface area contributed by atoms with Crippen molar-refractivity contribution in [1.82, 2.24) is 9.97 Å².